The van der Waals surface area contributed by atoms with Gasteiger partial charge in [0.2, 0.25) is 0 Å². The van der Waals surface area contributed by atoms with E-state index in [1.165, 1.54) is 107 Å². The Balaban J connectivity index is 1.35. The highest BCUT2D eigenvalue weighted by molar-refractivity contribution is 6.40. The first-order valence-corrected chi connectivity index (χ1v) is 18.8. The number of imide groups is 1. The van der Waals surface area contributed by atoms with Crippen molar-refractivity contribution in [3.05, 3.63) is 79.5 Å². The second kappa shape index (κ2) is 19.5. The van der Waals surface area contributed by atoms with Gasteiger partial charge in [-0.1, -0.05) is 149 Å². The molecule has 1 aliphatic heterocycles. The van der Waals surface area contributed by atoms with Crippen molar-refractivity contribution in [1.29, 1.82) is 0 Å². The molecule has 0 spiro atoms. The first kappa shape index (κ1) is 38.1. The maximum absolute atomic E-state index is 13.2. The number of carbonyl (C=O) groups excluding carboxylic acids is 2. The van der Waals surface area contributed by atoms with Crippen LogP contribution in [0.5, 0.6) is 0 Å². The average molecular weight is 737 g/mol. The molecular weight excluding hydrogens is 690 g/mol. The standard InChI is InChI=1S/C37H46Cl4N4O3/c1-2-3-4-5-6-7-8-9-10-11-12-13-14-15-16-17-19-27-20-18-21-29(22-27)44(45-35(47)25-32(41)37(45)48)33-26-34(46)43(42-33)36-30(39)23-28(38)24-31(36)40/h17-24,26,32,42H,2-16,25H2,1H3. The normalized spacial score (nSPS) is 14.9. The van der Waals surface area contributed by atoms with E-state index in [2.05, 4.69) is 18.1 Å². The summed E-state index contributed by atoms with van der Waals surface area (Å²) in [5, 5.41) is 4.89. The zero-order valence-electron chi connectivity index (χ0n) is 27.7. The van der Waals surface area contributed by atoms with Crippen LogP contribution >= 0.6 is 46.4 Å². The number of nitrogens with zero attached hydrogens (tertiary/aromatic N) is 3. The molecule has 0 bridgehead atoms. The number of carbonyl (C=O) groups is 2. The second-order valence-electron chi connectivity index (χ2n) is 12.4. The molecule has 1 saturated heterocycles. The molecule has 7 nitrogen and oxygen atoms in total. The van der Waals surface area contributed by atoms with Crippen LogP contribution in [0.3, 0.4) is 0 Å². The van der Waals surface area contributed by atoms with E-state index < -0.39 is 22.8 Å². The van der Waals surface area contributed by atoms with Gasteiger partial charge in [0.15, 0.2) is 5.82 Å². The maximum atomic E-state index is 13.2. The topological polar surface area (TPSA) is 78.4 Å². The molecule has 2 amide bonds. The van der Waals surface area contributed by atoms with Crippen molar-refractivity contribution in [3.8, 4) is 5.69 Å². The molecule has 1 aromatic heterocycles. The maximum Gasteiger partial charge on any atom is 0.273 e. The predicted molar refractivity (Wildman–Crippen MR) is 200 cm³/mol. The van der Waals surface area contributed by atoms with E-state index in [1.807, 2.05) is 24.3 Å². The van der Waals surface area contributed by atoms with E-state index in [0.717, 1.165) is 28.1 Å². The zero-order valence-corrected chi connectivity index (χ0v) is 30.7. The van der Waals surface area contributed by atoms with Gasteiger partial charge < -0.3 is 0 Å². The van der Waals surface area contributed by atoms with Crippen molar-refractivity contribution in [2.24, 2.45) is 0 Å². The summed E-state index contributed by atoms with van der Waals surface area (Å²) in [5.74, 6) is -0.926. The van der Waals surface area contributed by atoms with Crippen LogP contribution in [0.25, 0.3) is 11.8 Å². The number of H-pyrrole nitrogens is 1. The Morgan fingerprint density at radius 3 is 1.96 bits per heavy atom. The molecule has 0 saturated carbocycles. The van der Waals surface area contributed by atoms with Gasteiger partial charge in [-0.05, 0) is 42.7 Å². The van der Waals surface area contributed by atoms with Crippen LogP contribution in [0.2, 0.25) is 15.1 Å². The Kier molecular flexibility index (Phi) is 15.5. The van der Waals surface area contributed by atoms with E-state index in [9.17, 15) is 14.4 Å². The largest absolute Gasteiger partial charge is 0.274 e. The Morgan fingerprint density at radius 2 is 1.40 bits per heavy atom. The number of rotatable bonds is 20. The molecular formula is C37H46Cl4N4O3. The van der Waals surface area contributed by atoms with E-state index in [-0.39, 0.29) is 28.0 Å². The SMILES string of the molecule is CCCCCCCCCCCCCCCCC=Cc1cccc(N(c2cc(=O)n(-c3c(Cl)cc(Cl)cc3Cl)[nH]2)N2C(=O)CC(Cl)C2=O)c1. The highest BCUT2D eigenvalue weighted by Gasteiger charge is 2.42. The van der Waals surface area contributed by atoms with Gasteiger partial charge in [0.05, 0.1) is 22.2 Å². The number of amides is 2. The number of anilines is 2. The van der Waals surface area contributed by atoms with Crippen molar-refractivity contribution in [2.45, 2.75) is 115 Å². The third kappa shape index (κ3) is 10.6. The van der Waals surface area contributed by atoms with Crippen LogP contribution in [0.4, 0.5) is 11.5 Å². The van der Waals surface area contributed by atoms with Gasteiger partial charge in [0.1, 0.15) is 11.1 Å². The lowest BCUT2D eigenvalue weighted by molar-refractivity contribution is -0.138. The van der Waals surface area contributed by atoms with Crippen LogP contribution in [0.15, 0.2) is 53.3 Å². The molecule has 0 aliphatic carbocycles. The Hall–Kier alpha value is -2.71. The number of alkyl halides is 1. The lowest BCUT2D eigenvalue weighted by Crippen LogP contribution is -2.44. The Morgan fingerprint density at radius 1 is 0.812 bits per heavy atom. The van der Waals surface area contributed by atoms with Gasteiger partial charge in [-0.15, -0.1) is 11.6 Å². The fourth-order valence-corrected chi connectivity index (χ4v) is 7.21. The fourth-order valence-electron chi connectivity index (χ4n) is 6.00. The number of allylic oxidation sites excluding steroid dienone is 1. The number of hydrogen-bond donors (Lipinski definition) is 1. The summed E-state index contributed by atoms with van der Waals surface area (Å²) >= 11 is 25.1. The number of benzene rings is 2. The third-order valence-corrected chi connectivity index (χ3v) is 9.69. The molecule has 0 radical (unpaired) electrons. The van der Waals surface area contributed by atoms with Crippen molar-refractivity contribution >= 4 is 75.8 Å². The van der Waals surface area contributed by atoms with Crippen molar-refractivity contribution in [1.82, 2.24) is 14.8 Å². The lowest BCUT2D eigenvalue weighted by atomic mass is 10.0. The number of hydrazine groups is 1. The molecule has 1 unspecified atom stereocenters. The Bertz CT molecular complexity index is 1580. The van der Waals surface area contributed by atoms with Crippen LogP contribution in [0, 0.1) is 0 Å². The summed E-state index contributed by atoms with van der Waals surface area (Å²) < 4.78 is 1.15. The summed E-state index contributed by atoms with van der Waals surface area (Å²) in [6.45, 7) is 2.26. The van der Waals surface area contributed by atoms with Crippen LogP contribution in [0.1, 0.15) is 115 Å². The first-order chi connectivity index (χ1) is 23.2. The number of unbranched alkanes of at least 4 members (excludes halogenated alkanes) is 14. The molecule has 11 heteroatoms. The Labute approximate surface area is 304 Å². The summed E-state index contributed by atoms with van der Waals surface area (Å²) in [6.07, 6.45) is 23.6. The van der Waals surface area contributed by atoms with Crippen molar-refractivity contribution < 1.29 is 9.59 Å². The van der Waals surface area contributed by atoms with Crippen molar-refractivity contribution in [2.75, 3.05) is 5.01 Å². The average Bonchev–Trinajstić information content (AvgIpc) is 3.54. The van der Waals surface area contributed by atoms with Crippen molar-refractivity contribution in [3.63, 3.8) is 0 Å². The van der Waals surface area contributed by atoms with Gasteiger partial charge in [0, 0.05) is 11.1 Å². The lowest BCUT2D eigenvalue weighted by Gasteiger charge is -2.30. The molecule has 2 aromatic carbocycles. The van der Waals surface area contributed by atoms with Gasteiger partial charge in [-0.2, -0.15) is 5.01 Å². The molecule has 260 valence electrons. The molecule has 48 heavy (non-hydrogen) atoms. The molecule has 1 fully saturated rings. The highest BCUT2D eigenvalue weighted by atomic mass is 35.5. The van der Waals surface area contributed by atoms with Crippen LogP contribution < -0.4 is 10.6 Å². The van der Waals surface area contributed by atoms with E-state index in [1.54, 1.807) is 6.07 Å². The predicted octanol–water partition coefficient (Wildman–Crippen LogP) is 11.4. The molecule has 1 aliphatic rings. The van der Waals surface area contributed by atoms with Crippen LogP contribution in [-0.4, -0.2) is 32.0 Å². The summed E-state index contributed by atoms with van der Waals surface area (Å²) in [5.41, 5.74) is 1.05. The summed E-state index contributed by atoms with van der Waals surface area (Å²) in [6, 6.07) is 11.6. The minimum absolute atomic E-state index is 0.148. The van der Waals surface area contributed by atoms with E-state index in [0.29, 0.717) is 10.7 Å². The van der Waals surface area contributed by atoms with E-state index >= 15 is 0 Å². The number of hydrogen-bond acceptors (Lipinski definition) is 4. The number of aromatic nitrogens is 2. The summed E-state index contributed by atoms with van der Waals surface area (Å²) in [4.78, 5) is 39.3. The monoisotopic (exact) mass is 734 g/mol. The van der Waals surface area contributed by atoms with Crippen LogP contribution in [-0.2, 0) is 9.59 Å². The van der Waals surface area contributed by atoms with Gasteiger partial charge >= 0.3 is 0 Å². The summed E-state index contributed by atoms with van der Waals surface area (Å²) in [7, 11) is 0. The fraction of sp³-hybridized carbons (Fsp3) is 0.486. The molecule has 1 atom stereocenters. The molecule has 1 N–H and O–H groups in total. The van der Waals surface area contributed by atoms with Gasteiger partial charge in [-0.3, -0.25) is 19.5 Å². The first-order valence-electron chi connectivity index (χ1n) is 17.3. The van der Waals surface area contributed by atoms with E-state index in [4.69, 9.17) is 46.4 Å². The van der Waals surface area contributed by atoms with Gasteiger partial charge in [-0.25, -0.2) is 9.69 Å². The smallest absolute Gasteiger partial charge is 0.273 e. The minimum Gasteiger partial charge on any atom is -0.274 e. The van der Waals surface area contributed by atoms with Gasteiger partial charge in [0.25, 0.3) is 17.4 Å². The number of aromatic amines is 1. The minimum atomic E-state index is -1.01. The highest BCUT2D eigenvalue weighted by Crippen LogP contribution is 2.34. The quantitative estimate of drug-likeness (QED) is 0.0712. The molecule has 4 rings (SSSR count). The number of nitrogens with one attached hydrogen (secondary N) is 1. The molecule has 2 heterocycles. The zero-order chi connectivity index (χ0) is 34.5. The molecule has 3 aromatic rings. The third-order valence-electron chi connectivity index (χ3n) is 8.56. The number of halogens is 4. The second-order valence-corrected chi connectivity index (χ2v) is 14.2.